The van der Waals surface area contributed by atoms with Crippen LogP contribution in [0.4, 0.5) is 0 Å². The fraction of sp³-hybridized carbons (Fsp3) is 0.667. The van der Waals surface area contributed by atoms with E-state index < -0.39 is 10.0 Å². The number of rotatable bonds is 7. The SMILES string of the molecule is CC(C)CCC(C)NC(=O)C1CCN(S(=O)(=O)c2cccnc2)CC1. The van der Waals surface area contributed by atoms with Gasteiger partial charge in [0.2, 0.25) is 15.9 Å². The van der Waals surface area contributed by atoms with Crippen LogP contribution in [0.25, 0.3) is 0 Å². The van der Waals surface area contributed by atoms with Gasteiger partial charge < -0.3 is 5.32 Å². The van der Waals surface area contributed by atoms with Crippen molar-refractivity contribution in [1.29, 1.82) is 0 Å². The third kappa shape index (κ3) is 5.51. The summed E-state index contributed by atoms with van der Waals surface area (Å²) in [4.78, 5) is 16.5. The second kappa shape index (κ2) is 8.76. The molecule has 1 aromatic heterocycles. The number of carbonyl (C=O) groups is 1. The zero-order valence-corrected chi connectivity index (χ0v) is 16.1. The molecule has 6 nitrogen and oxygen atoms in total. The van der Waals surface area contributed by atoms with E-state index in [1.807, 2.05) is 6.92 Å². The minimum absolute atomic E-state index is 0.0506. The lowest BCUT2D eigenvalue weighted by atomic mass is 9.96. The summed E-state index contributed by atoms with van der Waals surface area (Å²) in [6, 6.07) is 3.33. The van der Waals surface area contributed by atoms with Crippen LogP contribution in [0.3, 0.4) is 0 Å². The van der Waals surface area contributed by atoms with Gasteiger partial charge in [-0.1, -0.05) is 13.8 Å². The van der Waals surface area contributed by atoms with Crippen LogP contribution in [-0.4, -0.2) is 42.7 Å². The monoisotopic (exact) mass is 367 g/mol. The number of hydrogen-bond acceptors (Lipinski definition) is 4. The average molecular weight is 368 g/mol. The van der Waals surface area contributed by atoms with E-state index in [2.05, 4.69) is 24.1 Å². The first-order valence-corrected chi connectivity index (χ1v) is 10.4. The van der Waals surface area contributed by atoms with Gasteiger partial charge in [-0.15, -0.1) is 0 Å². The van der Waals surface area contributed by atoms with E-state index in [9.17, 15) is 13.2 Å². The summed E-state index contributed by atoms with van der Waals surface area (Å²) in [6.45, 7) is 7.12. The van der Waals surface area contributed by atoms with E-state index in [1.165, 1.54) is 10.5 Å². The van der Waals surface area contributed by atoms with Crippen molar-refractivity contribution in [2.24, 2.45) is 11.8 Å². The van der Waals surface area contributed by atoms with Gasteiger partial charge in [0.15, 0.2) is 0 Å². The Morgan fingerprint density at radius 1 is 1.28 bits per heavy atom. The van der Waals surface area contributed by atoms with Crippen molar-refractivity contribution in [2.75, 3.05) is 13.1 Å². The highest BCUT2D eigenvalue weighted by Crippen LogP contribution is 2.23. The zero-order chi connectivity index (χ0) is 18.4. The van der Waals surface area contributed by atoms with E-state index in [-0.39, 0.29) is 22.8 Å². The van der Waals surface area contributed by atoms with E-state index >= 15 is 0 Å². The molecule has 1 fully saturated rings. The molecule has 1 aromatic rings. The van der Waals surface area contributed by atoms with Gasteiger partial charge >= 0.3 is 0 Å². The molecule has 0 radical (unpaired) electrons. The van der Waals surface area contributed by atoms with Crippen molar-refractivity contribution in [3.8, 4) is 0 Å². The molecule has 1 N–H and O–H groups in total. The lowest BCUT2D eigenvalue weighted by Crippen LogP contribution is -2.44. The van der Waals surface area contributed by atoms with Crippen LogP contribution in [0.2, 0.25) is 0 Å². The Labute approximate surface area is 151 Å². The fourth-order valence-electron chi connectivity index (χ4n) is 3.02. The van der Waals surface area contributed by atoms with Crippen molar-refractivity contribution < 1.29 is 13.2 Å². The molecule has 0 aromatic carbocycles. The Hall–Kier alpha value is -1.47. The van der Waals surface area contributed by atoms with E-state index in [4.69, 9.17) is 0 Å². The Balaban J connectivity index is 1.86. The molecular formula is C18H29N3O3S. The fourth-order valence-corrected chi connectivity index (χ4v) is 4.46. The molecule has 7 heteroatoms. The molecule has 1 saturated heterocycles. The first kappa shape index (κ1) is 19.8. The van der Waals surface area contributed by atoms with Crippen molar-refractivity contribution in [3.63, 3.8) is 0 Å². The number of pyridine rings is 1. The average Bonchev–Trinajstić information content (AvgIpc) is 2.61. The quantitative estimate of drug-likeness (QED) is 0.803. The van der Waals surface area contributed by atoms with Crippen molar-refractivity contribution in [1.82, 2.24) is 14.6 Å². The maximum absolute atomic E-state index is 12.6. The normalized spacial score (nSPS) is 18.2. The summed E-state index contributed by atoms with van der Waals surface area (Å²) >= 11 is 0. The van der Waals surface area contributed by atoms with Crippen LogP contribution in [0, 0.1) is 11.8 Å². The van der Waals surface area contributed by atoms with Gasteiger partial charge in [-0.05, 0) is 50.7 Å². The molecule has 1 unspecified atom stereocenters. The Morgan fingerprint density at radius 2 is 1.96 bits per heavy atom. The predicted molar refractivity (Wildman–Crippen MR) is 97.4 cm³/mol. The highest BCUT2D eigenvalue weighted by Gasteiger charge is 2.32. The number of sulfonamides is 1. The number of hydrogen-bond donors (Lipinski definition) is 1. The smallest absolute Gasteiger partial charge is 0.244 e. The molecule has 1 atom stereocenters. The summed E-state index contributed by atoms with van der Waals surface area (Å²) < 4.78 is 26.6. The molecule has 2 heterocycles. The summed E-state index contributed by atoms with van der Waals surface area (Å²) in [5.74, 6) is 0.566. The minimum Gasteiger partial charge on any atom is -0.353 e. The van der Waals surface area contributed by atoms with Crippen LogP contribution in [-0.2, 0) is 14.8 Å². The second-order valence-corrected chi connectivity index (χ2v) is 9.19. The number of amides is 1. The summed E-state index contributed by atoms with van der Waals surface area (Å²) in [5, 5.41) is 3.07. The maximum Gasteiger partial charge on any atom is 0.244 e. The molecule has 0 spiro atoms. The van der Waals surface area contributed by atoms with Crippen molar-refractivity contribution in [3.05, 3.63) is 24.5 Å². The zero-order valence-electron chi connectivity index (χ0n) is 15.3. The van der Waals surface area contributed by atoms with Gasteiger partial charge in [0.1, 0.15) is 4.90 Å². The Bertz CT molecular complexity index is 653. The largest absolute Gasteiger partial charge is 0.353 e. The predicted octanol–water partition coefficient (Wildman–Crippen LogP) is 2.42. The minimum atomic E-state index is -3.51. The van der Waals surface area contributed by atoms with Crippen molar-refractivity contribution in [2.45, 2.75) is 57.4 Å². The molecule has 1 aliphatic rings. The van der Waals surface area contributed by atoms with Gasteiger partial charge in [-0.3, -0.25) is 9.78 Å². The lowest BCUT2D eigenvalue weighted by Gasteiger charge is -2.31. The van der Waals surface area contributed by atoms with Crippen LogP contribution < -0.4 is 5.32 Å². The molecule has 25 heavy (non-hydrogen) atoms. The highest BCUT2D eigenvalue weighted by molar-refractivity contribution is 7.89. The van der Waals surface area contributed by atoms with Gasteiger partial charge in [0, 0.05) is 37.4 Å². The molecule has 140 valence electrons. The third-order valence-corrected chi connectivity index (χ3v) is 6.54. The first-order valence-electron chi connectivity index (χ1n) is 9.01. The molecule has 1 amide bonds. The Kier molecular flexibility index (Phi) is 6.95. The van der Waals surface area contributed by atoms with Gasteiger partial charge in [-0.2, -0.15) is 4.31 Å². The molecule has 0 saturated carbocycles. The van der Waals surface area contributed by atoms with Crippen LogP contribution >= 0.6 is 0 Å². The van der Waals surface area contributed by atoms with Crippen LogP contribution in [0.5, 0.6) is 0 Å². The number of aromatic nitrogens is 1. The van der Waals surface area contributed by atoms with Gasteiger partial charge in [0.25, 0.3) is 0 Å². The topological polar surface area (TPSA) is 79.4 Å². The molecule has 2 rings (SSSR count). The first-order chi connectivity index (χ1) is 11.8. The van der Waals surface area contributed by atoms with Crippen LogP contribution in [0.15, 0.2) is 29.4 Å². The summed E-state index contributed by atoms with van der Waals surface area (Å²) in [6.07, 6.45) is 6.09. The molecular weight excluding hydrogens is 338 g/mol. The number of nitrogens with one attached hydrogen (secondary N) is 1. The highest BCUT2D eigenvalue weighted by atomic mass is 32.2. The number of piperidine rings is 1. The third-order valence-electron chi connectivity index (χ3n) is 4.66. The summed E-state index contributed by atoms with van der Waals surface area (Å²) in [7, 11) is -3.51. The summed E-state index contributed by atoms with van der Waals surface area (Å²) in [5.41, 5.74) is 0. The van der Waals surface area contributed by atoms with Gasteiger partial charge in [-0.25, -0.2) is 8.42 Å². The molecule has 0 bridgehead atoms. The molecule has 0 aliphatic carbocycles. The maximum atomic E-state index is 12.6. The second-order valence-electron chi connectivity index (χ2n) is 7.25. The lowest BCUT2D eigenvalue weighted by molar-refractivity contribution is -0.126. The van der Waals surface area contributed by atoms with E-state index in [0.29, 0.717) is 31.8 Å². The number of nitrogens with zero attached hydrogens (tertiary/aromatic N) is 2. The standard InChI is InChI=1S/C18H29N3O3S/c1-14(2)6-7-15(3)20-18(22)16-8-11-21(12-9-16)25(23,24)17-5-4-10-19-13-17/h4-5,10,13-16H,6-9,11-12H2,1-3H3,(H,20,22). The Morgan fingerprint density at radius 3 is 2.52 bits per heavy atom. The number of carbonyl (C=O) groups excluding carboxylic acids is 1. The van der Waals surface area contributed by atoms with E-state index in [0.717, 1.165) is 12.8 Å². The van der Waals surface area contributed by atoms with E-state index in [1.54, 1.807) is 18.3 Å². The molecule has 1 aliphatic heterocycles. The van der Waals surface area contributed by atoms with Crippen LogP contribution in [0.1, 0.15) is 46.5 Å². The van der Waals surface area contributed by atoms with Gasteiger partial charge in [0.05, 0.1) is 0 Å². The van der Waals surface area contributed by atoms with Crippen molar-refractivity contribution >= 4 is 15.9 Å².